The Morgan fingerprint density at radius 1 is 1.24 bits per heavy atom. The minimum absolute atomic E-state index is 0.316. The lowest BCUT2D eigenvalue weighted by molar-refractivity contribution is 0.0955. The lowest BCUT2D eigenvalue weighted by Gasteiger charge is -2.03. The molecule has 0 saturated heterocycles. The number of rotatable bonds is 2. The first kappa shape index (κ1) is 14.7. The summed E-state index contributed by atoms with van der Waals surface area (Å²) in [7, 11) is 0. The molecule has 0 aliphatic heterocycles. The van der Waals surface area contributed by atoms with Crippen LogP contribution in [0.25, 0.3) is 0 Å². The van der Waals surface area contributed by atoms with E-state index in [0.717, 1.165) is 4.38 Å². The van der Waals surface area contributed by atoms with Crippen molar-refractivity contribution in [3.63, 3.8) is 0 Å². The summed E-state index contributed by atoms with van der Waals surface area (Å²) in [6, 6.07) is 4.68. The van der Waals surface area contributed by atoms with Gasteiger partial charge in [0.2, 0.25) is 0 Å². The van der Waals surface area contributed by atoms with E-state index in [1.54, 1.807) is 12.1 Å². The SMILES string of the molecule is CSC(=NNC(=O)c1ccc(Cl)c(Cl)c1)SC. The van der Waals surface area contributed by atoms with Crippen LogP contribution >= 0.6 is 46.7 Å². The molecule has 0 fully saturated rings. The topological polar surface area (TPSA) is 41.5 Å². The molecule has 0 aliphatic carbocycles. The molecular weight excluding hydrogens is 299 g/mol. The van der Waals surface area contributed by atoms with Crippen LogP contribution in [0.2, 0.25) is 10.0 Å². The van der Waals surface area contributed by atoms with E-state index in [2.05, 4.69) is 10.5 Å². The second-order valence-electron chi connectivity index (χ2n) is 2.86. The minimum atomic E-state index is -0.316. The number of amides is 1. The average Bonchev–Trinajstić information content (AvgIpc) is 2.33. The van der Waals surface area contributed by atoms with Gasteiger partial charge in [-0.05, 0) is 30.7 Å². The van der Waals surface area contributed by atoms with E-state index in [9.17, 15) is 4.79 Å². The molecule has 0 aromatic heterocycles. The second kappa shape index (κ2) is 7.16. The molecule has 1 rings (SSSR count). The molecule has 1 aromatic carbocycles. The molecule has 1 aromatic rings. The highest BCUT2D eigenvalue weighted by Crippen LogP contribution is 2.22. The van der Waals surface area contributed by atoms with E-state index in [0.29, 0.717) is 15.6 Å². The zero-order valence-corrected chi connectivity index (χ0v) is 12.3. The van der Waals surface area contributed by atoms with Crippen LogP contribution in [0.1, 0.15) is 10.4 Å². The number of benzene rings is 1. The van der Waals surface area contributed by atoms with Gasteiger partial charge in [0.15, 0.2) is 0 Å². The number of hydrogen-bond donors (Lipinski definition) is 1. The highest BCUT2D eigenvalue weighted by atomic mass is 35.5. The summed E-state index contributed by atoms with van der Waals surface area (Å²) in [6.07, 6.45) is 3.78. The smallest absolute Gasteiger partial charge is 0.267 e. The van der Waals surface area contributed by atoms with Crippen LogP contribution in [0.3, 0.4) is 0 Å². The lowest BCUT2D eigenvalue weighted by atomic mass is 10.2. The number of carbonyl (C=O) groups is 1. The van der Waals surface area contributed by atoms with Crippen molar-refractivity contribution in [2.75, 3.05) is 12.5 Å². The summed E-state index contributed by atoms with van der Waals surface area (Å²) in [5, 5.41) is 4.72. The number of nitrogens with zero attached hydrogens (tertiary/aromatic N) is 1. The molecule has 1 amide bonds. The maximum absolute atomic E-state index is 11.7. The summed E-state index contributed by atoms with van der Waals surface area (Å²) in [4.78, 5) is 11.7. The Labute approximate surface area is 118 Å². The first-order chi connectivity index (χ1) is 8.08. The molecule has 3 nitrogen and oxygen atoms in total. The van der Waals surface area contributed by atoms with E-state index < -0.39 is 0 Å². The van der Waals surface area contributed by atoms with E-state index in [4.69, 9.17) is 23.2 Å². The van der Waals surface area contributed by atoms with Gasteiger partial charge in [-0.1, -0.05) is 23.2 Å². The van der Waals surface area contributed by atoms with Crippen molar-refractivity contribution in [1.29, 1.82) is 0 Å². The molecule has 0 radical (unpaired) electrons. The molecule has 0 bridgehead atoms. The molecule has 0 spiro atoms. The fourth-order valence-corrected chi connectivity index (χ4v) is 2.21. The van der Waals surface area contributed by atoms with E-state index in [1.165, 1.54) is 29.6 Å². The highest BCUT2D eigenvalue weighted by Gasteiger charge is 2.07. The van der Waals surface area contributed by atoms with Gasteiger partial charge in [0.25, 0.3) is 5.91 Å². The summed E-state index contributed by atoms with van der Waals surface area (Å²) in [6.45, 7) is 0. The van der Waals surface area contributed by atoms with Gasteiger partial charge in [-0.2, -0.15) is 5.10 Å². The summed E-state index contributed by atoms with van der Waals surface area (Å²) >= 11 is 14.5. The largest absolute Gasteiger partial charge is 0.271 e. The van der Waals surface area contributed by atoms with Gasteiger partial charge in [0.05, 0.1) is 10.0 Å². The number of thioether (sulfide) groups is 2. The van der Waals surface area contributed by atoms with Gasteiger partial charge in [-0.25, -0.2) is 5.43 Å². The molecule has 0 saturated carbocycles. The molecule has 0 heterocycles. The predicted molar refractivity (Wildman–Crippen MR) is 78.4 cm³/mol. The Hall–Kier alpha value is -0.360. The van der Waals surface area contributed by atoms with Crippen LogP contribution < -0.4 is 5.43 Å². The maximum Gasteiger partial charge on any atom is 0.271 e. The van der Waals surface area contributed by atoms with E-state index in [1.807, 2.05) is 12.5 Å². The second-order valence-corrected chi connectivity index (χ2v) is 5.52. The molecule has 17 heavy (non-hydrogen) atoms. The summed E-state index contributed by atoms with van der Waals surface area (Å²) in [5.74, 6) is -0.316. The quantitative estimate of drug-likeness (QED) is 0.514. The van der Waals surface area contributed by atoms with E-state index >= 15 is 0 Å². The summed E-state index contributed by atoms with van der Waals surface area (Å²) < 4.78 is 0.776. The van der Waals surface area contributed by atoms with Crippen molar-refractivity contribution < 1.29 is 4.79 Å². The normalized spacial score (nSPS) is 9.88. The van der Waals surface area contributed by atoms with Gasteiger partial charge in [0, 0.05) is 5.56 Å². The number of carbonyl (C=O) groups excluding carboxylic acids is 1. The van der Waals surface area contributed by atoms with Gasteiger partial charge in [-0.15, -0.1) is 23.5 Å². The van der Waals surface area contributed by atoms with Gasteiger partial charge >= 0.3 is 0 Å². The van der Waals surface area contributed by atoms with Crippen LogP contribution in [-0.2, 0) is 0 Å². The fraction of sp³-hybridized carbons (Fsp3) is 0.200. The van der Waals surface area contributed by atoms with Crippen molar-refractivity contribution in [2.24, 2.45) is 5.10 Å². The number of nitrogens with one attached hydrogen (secondary N) is 1. The first-order valence-electron chi connectivity index (χ1n) is 4.49. The number of halogens is 2. The molecule has 0 aliphatic rings. The average molecular weight is 309 g/mol. The maximum atomic E-state index is 11.7. The first-order valence-corrected chi connectivity index (χ1v) is 7.70. The van der Waals surface area contributed by atoms with Gasteiger partial charge in [0.1, 0.15) is 4.38 Å². The van der Waals surface area contributed by atoms with Crippen molar-refractivity contribution in [2.45, 2.75) is 0 Å². The fourth-order valence-electron chi connectivity index (χ4n) is 0.973. The Morgan fingerprint density at radius 3 is 2.41 bits per heavy atom. The highest BCUT2D eigenvalue weighted by molar-refractivity contribution is 8.38. The standard InChI is InChI=1S/C10H10Cl2N2OS2/c1-16-10(17-2)14-13-9(15)6-3-4-7(11)8(12)5-6/h3-5H,1-2H3,(H,13,15). The van der Waals surface area contributed by atoms with Gasteiger partial charge in [-0.3, -0.25) is 4.79 Å². The summed E-state index contributed by atoms with van der Waals surface area (Å²) in [5.41, 5.74) is 2.87. The van der Waals surface area contributed by atoms with Crippen molar-refractivity contribution >= 4 is 57.0 Å². The predicted octanol–water partition coefficient (Wildman–Crippen LogP) is 3.72. The van der Waals surface area contributed by atoms with Crippen LogP contribution in [0, 0.1) is 0 Å². The molecule has 1 N–H and O–H groups in total. The third-order valence-electron chi connectivity index (χ3n) is 1.78. The Bertz CT molecular complexity index is 446. The van der Waals surface area contributed by atoms with Crippen molar-refractivity contribution in [1.82, 2.24) is 5.43 Å². The Kier molecular flexibility index (Phi) is 6.19. The zero-order chi connectivity index (χ0) is 12.8. The van der Waals surface area contributed by atoms with Gasteiger partial charge < -0.3 is 0 Å². The Morgan fingerprint density at radius 2 is 1.88 bits per heavy atom. The van der Waals surface area contributed by atoms with Crippen LogP contribution in [-0.4, -0.2) is 22.8 Å². The third-order valence-corrected chi connectivity index (χ3v) is 4.40. The molecule has 7 heteroatoms. The van der Waals surface area contributed by atoms with E-state index in [-0.39, 0.29) is 5.91 Å². The lowest BCUT2D eigenvalue weighted by Crippen LogP contribution is -2.18. The zero-order valence-electron chi connectivity index (χ0n) is 9.16. The molecule has 0 atom stereocenters. The Balaban J connectivity index is 2.77. The monoisotopic (exact) mass is 308 g/mol. The van der Waals surface area contributed by atoms with Crippen LogP contribution in [0.15, 0.2) is 23.3 Å². The molecule has 92 valence electrons. The third kappa shape index (κ3) is 4.43. The van der Waals surface area contributed by atoms with Crippen LogP contribution in [0.4, 0.5) is 0 Å². The molecular formula is C10H10Cl2N2OS2. The van der Waals surface area contributed by atoms with Crippen molar-refractivity contribution in [3.8, 4) is 0 Å². The number of hydrogen-bond acceptors (Lipinski definition) is 4. The number of hydrazone groups is 1. The van der Waals surface area contributed by atoms with Crippen LogP contribution in [0.5, 0.6) is 0 Å². The minimum Gasteiger partial charge on any atom is -0.267 e. The molecule has 0 unspecified atom stereocenters. The van der Waals surface area contributed by atoms with Crippen molar-refractivity contribution in [3.05, 3.63) is 33.8 Å².